The molecule has 1 aromatic carbocycles. The van der Waals surface area contributed by atoms with Crippen molar-refractivity contribution < 1.29 is 13.9 Å². The Morgan fingerprint density at radius 1 is 1.43 bits per heavy atom. The molecule has 0 bridgehead atoms. The summed E-state index contributed by atoms with van der Waals surface area (Å²) in [5.74, 6) is -0.457. The molecule has 5 nitrogen and oxygen atoms in total. The minimum absolute atomic E-state index is 0.0326. The van der Waals surface area contributed by atoms with Crippen LogP contribution in [0.3, 0.4) is 0 Å². The summed E-state index contributed by atoms with van der Waals surface area (Å²) in [5.41, 5.74) is 6.74. The Morgan fingerprint density at radius 2 is 2.22 bits per heavy atom. The zero-order chi connectivity index (χ0) is 16.6. The predicted octanol–water partition coefficient (Wildman–Crippen LogP) is 2.84. The molecule has 1 aliphatic heterocycles. The first-order valence-corrected chi connectivity index (χ1v) is 7.34. The van der Waals surface area contributed by atoms with Gasteiger partial charge >= 0.3 is 0 Å². The van der Waals surface area contributed by atoms with Crippen LogP contribution in [0.15, 0.2) is 36.7 Å². The van der Waals surface area contributed by atoms with Crippen LogP contribution >= 0.6 is 0 Å². The van der Waals surface area contributed by atoms with E-state index in [1.807, 2.05) is 13.8 Å². The van der Waals surface area contributed by atoms with Crippen LogP contribution in [0.1, 0.15) is 42.2 Å². The molecule has 0 radical (unpaired) electrons. The minimum atomic E-state index is -0.649. The topological polar surface area (TPSA) is 77.2 Å². The summed E-state index contributed by atoms with van der Waals surface area (Å²) in [7, 11) is 0. The Kier molecular flexibility index (Phi) is 3.67. The van der Waals surface area contributed by atoms with Crippen molar-refractivity contribution in [2.45, 2.75) is 31.9 Å². The number of ether oxygens (including phenoxy) is 1. The number of fused-ring (bicyclic) bond motifs is 1. The van der Waals surface area contributed by atoms with Gasteiger partial charge in [0.15, 0.2) is 5.82 Å². The van der Waals surface area contributed by atoms with Crippen molar-refractivity contribution in [3.05, 3.63) is 53.6 Å². The maximum Gasteiger partial charge on any atom is 0.254 e. The highest BCUT2D eigenvalue weighted by Gasteiger charge is 2.35. The first kappa shape index (κ1) is 15.3. The Morgan fingerprint density at radius 3 is 2.96 bits per heavy atom. The molecule has 0 aliphatic carbocycles. The minimum Gasteiger partial charge on any atom is -0.487 e. The van der Waals surface area contributed by atoms with E-state index in [1.165, 1.54) is 12.3 Å². The zero-order valence-electron chi connectivity index (χ0n) is 13.0. The number of nitrogens with one attached hydrogen (secondary N) is 1. The third-order valence-electron chi connectivity index (χ3n) is 3.81. The number of rotatable bonds is 2. The Labute approximate surface area is 133 Å². The van der Waals surface area contributed by atoms with Gasteiger partial charge in [-0.3, -0.25) is 9.78 Å². The Bertz CT molecular complexity index is 761. The van der Waals surface area contributed by atoms with Crippen LogP contribution in [0.25, 0.3) is 0 Å². The number of hydrogen-bond acceptors (Lipinski definition) is 4. The molecule has 0 spiro atoms. The van der Waals surface area contributed by atoms with E-state index in [0.29, 0.717) is 17.9 Å². The van der Waals surface area contributed by atoms with Crippen molar-refractivity contribution in [2.75, 3.05) is 5.73 Å². The monoisotopic (exact) mass is 315 g/mol. The number of benzene rings is 1. The first-order chi connectivity index (χ1) is 10.9. The van der Waals surface area contributed by atoms with Crippen LogP contribution in [0.5, 0.6) is 5.75 Å². The molecule has 1 unspecified atom stereocenters. The molecule has 0 saturated heterocycles. The lowest BCUT2D eigenvalue weighted by molar-refractivity contribution is 0.0619. The highest BCUT2D eigenvalue weighted by atomic mass is 19.1. The molecule has 6 heteroatoms. The molecule has 0 saturated carbocycles. The van der Waals surface area contributed by atoms with E-state index in [1.54, 1.807) is 18.2 Å². The number of carbonyl (C=O) groups excluding carboxylic acids is 1. The fraction of sp³-hybridized carbons (Fsp3) is 0.294. The van der Waals surface area contributed by atoms with Crippen LogP contribution in [0.2, 0.25) is 0 Å². The number of nitrogens with two attached hydrogens (primary N) is 1. The van der Waals surface area contributed by atoms with Crippen molar-refractivity contribution in [3.63, 3.8) is 0 Å². The summed E-state index contributed by atoms with van der Waals surface area (Å²) in [5, 5.41) is 2.87. The van der Waals surface area contributed by atoms with E-state index in [-0.39, 0.29) is 11.6 Å². The molecule has 2 aromatic rings. The van der Waals surface area contributed by atoms with Crippen molar-refractivity contribution in [2.24, 2.45) is 0 Å². The third-order valence-corrected chi connectivity index (χ3v) is 3.81. The second kappa shape index (κ2) is 5.53. The van der Waals surface area contributed by atoms with E-state index in [9.17, 15) is 9.18 Å². The van der Waals surface area contributed by atoms with Gasteiger partial charge in [0, 0.05) is 23.9 Å². The van der Waals surface area contributed by atoms with Gasteiger partial charge in [0.1, 0.15) is 11.4 Å². The second-order valence-electron chi connectivity index (χ2n) is 6.24. The fourth-order valence-electron chi connectivity index (χ4n) is 2.80. The summed E-state index contributed by atoms with van der Waals surface area (Å²) in [4.78, 5) is 16.0. The Balaban J connectivity index is 1.92. The van der Waals surface area contributed by atoms with Crippen LogP contribution in [-0.2, 0) is 0 Å². The van der Waals surface area contributed by atoms with E-state index in [4.69, 9.17) is 10.5 Å². The van der Waals surface area contributed by atoms with Crippen LogP contribution in [0, 0.1) is 5.82 Å². The molecule has 0 fully saturated rings. The standard InChI is InChI=1S/C17H18FN3O2/c1-17(2)8-14(12-7-10(19)3-4-15(12)23-17)21-16(22)11-5-6-20-9-13(11)18/h3-7,9,14H,8,19H2,1-2H3,(H,21,22). The van der Waals surface area contributed by atoms with Crippen molar-refractivity contribution >= 4 is 11.6 Å². The highest BCUT2D eigenvalue weighted by molar-refractivity contribution is 5.94. The number of amides is 1. The normalized spacial score (nSPS) is 18.7. The number of pyridine rings is 1. The van der Waals surface area contributed by atoms with E-state index >= 15 is 0 Å². The molecule has 2 heterocycles. The van der Waals surface area contributed by atoms with Crippen LogP contribution in [0.4, 0.5) is 10.1 Å². The molecule has 1 aromatic heterocycles. The molecular weight excluding hydrogens is 297 g/mol. The number of nitrogens with zero attached hydrogens (tertiary/aromatic N) is 1. The molecule has 23 heavy (non-hydrogen) atoms. The van der Waals surface area contributed by atoms with Gasteiger partial charge in [0.25, 0.3) is 5.91 Å². The molecule has 1 amide bonds. The maximum atomic E-state index is 13.7. The summed E-state index contributed by atoms with van der Waals surface area (Å²) >= 11 is 0. The maximum absolute atomic E-state index is 13.7. The average molecular weight is 315 g/mol. The molecule has 1 aliphatic rings. The van der Waals surface area contributed by atoms with Crippen LogP contribution < -0.4 is 15.8 Å². The number of halogens is 1. The van der Waals surface area contributed by atoms with Gasteiger partial charge in [-0.05, 0) is 38.1 Å². The second-order valence-corrected chi connectivity index (χ2v) is 6.24. The quantitative estimate of drug-likeness (QED) is 0.835. The molecular formula is C17H18FN3O2. The zero-order valence-corrected chi connectivity index (χ0v) is 13.0. The highest BCUT2D eigenvalue weighted by Crippen LogP contribution is 2.40. The molecule has 3 N–H and O–H groups in total. The third kappa shape index (κ3) is 3.11. The lowest BCUT2D eigenvalue weighted by Gasteiger charge is -2.38. The lowest BCUT2D eigenvalue weighted by atomic mass is 9.89. The van der Waals surface area contributed by atoms with E-state index < -0.39 is 17.3 Å². The van der Waals surface area contributed by atoms with Gasteiger partial charge in [0.2, 0.25) is 0 Å². The van der Waals surface area contributed by atoms with Gasteiger partial charge in [-0.25, -0.2) is 4.39 Å². The van der Waals surface area contributed by atoms with Crippen molar-refractivity contribution in [1.82, 2.24) is 10.3 Å². The fourth-order valence-corrected chi connectivity index (χ4v) is 2.80. The number of aromatic nitrogens is 1. The Hall–Kier alpha value is -2.63. The van der Waals surface area contributed by atoms with Gasteiger partial charge < -0.3 is 15.8 Å². The SMILES string of the molecule is CC1(C)CC(NC(=O)c2ccncc2F)c2cc(N)ccc2O1. The smallest absolute Gasteiger partial charge is 0.254 e. The molecule has 1 atom stereocenters. The van der Waals surface area contributed by atoms with Gasteiger partial charge in [0.05, 0.1) is 17.8 Å². The van der Waals surface area contributed by atoms with Crippen LogP contribution in [-0.4, -0.2) is 16.5 Å². The molecule has 3 rings (SSSR count). The first-order valence-electron chi connectivity index (χ1n) is 7.34. The van der Waals surface area contributed by atoms with Gasteiger partial charge in [-0.2, -0.15) is 0 Å². The summed E-state index contributed by atoms with van der Waals surface area (Å²) in [6.07, 6.45) is 2.97. The van der Waals surface area contributed by atoms with Gasteiger partial charge in [-0.1, -0.05) is 0 Å². The van der Waals surface area contributed by atoms with Crippen molar-refractivity contribution in [1.29, 1.82) is 0 Å². The average Bonchev–Trinajstić information content (AvgIpc) is 2.47. The van der Waals surface area contributed by atoms with Crippen molar-refractivity contribution in [3.8, 4) is 5.75 Å². The largest absolute Gasteiger partial charge is 0.487 e. The van der Waals surface area contributed by atoms with Gasteiger partial charge in [-0.15, -0.1) is 0 Å². The number of hydrogen-bond donors (Lipinski definition) is 2. The molecule has 120 valence electrons. The predicted molar refractivity (Wildman–Crippen MR) is 84.6 cm³/mol. The number of nitrogen functional groups attached to an aromatic ring is 1. The number of carbonyl (C=O) groups is 1. The summed E-state index contributed by atoms with van der Waals surface area (Å²) in [6, 6.07) is 6.37. The lowest BCUT2D eigenvalue weighted by Crippen LogP contribution is -2.41. The number of anilines is 1. The summed E-state index contributed by atoms with van der Waals surface area (Å²) < 4.78 is 19.7. The summed E-state index contributed by atoms with van der Waals surface area (Å²) in [6.45, 7) is 3.89. The van der Waals surface area contributed by atoms with E-state index in [2.05, 4.69) is 10.3 Å². The van der Waals surface area contributed by atoms with E-state index in [0.717, 1.165) is 11.8 Å².